The van der Waals surface area contributed by atoms with Crippen molar-refractivity contribution >= 4 is 21.6 Å². The minimum absolute atomic E-state index is 0.0318. The molecule has 5 rings (SSSR count). The van der Waals surface area contributed by atoms with Gasteiger partial charge in [0.15, 0.2) is 5.78 Å². The van der Waals surface area contributed by atoms with Crippen LogP contribution in [0.5, 0.6) is 0 Å². The monoisotopic (exact) mass is 409 g/mol. The Morgan fingerprint density at radius 2 is 1.66 bits per heavy atom. The first-order valence-corrected chi connectivity index (χ1v) is 11.3. The van der Waals surface area contributed by atoms with Crippen LogP contribution in [0.3, 0.4) is 0 Å². The molecule has 29 heavy (non-hydrogen) atoms. The summed E-state index contributed by atoms with van der Waals surface area (Å²) in [4.78, 5) is 13.4. The minimum atomic E-state index is -3.63. The third-order valence-electron chi connectivity index (χ3n) is 6.48. The highest BCUT2D eigenvalue weighted by atomic mass is 32.2. The molecule has 1 fully saturated rings. The summed E-state index contributed by atoms with van der Waals surface area (Å²) in [5, 5.41) is 0. The molecule has 0 spiro atoms. The highest BCUT2D eigenvalue weighted by molar-refractivity contribution is 7.89. The standard InChI is InChI=1S/C23H23NO4S/c1-14-8-10-15(11-9-14)29(26,27)24-12-18-19(13-24)23(2,3)28-22-17-7-5-4-6-16(17)21(25)20(18)22/h4-11,18-19H,12-13H2,1-3H3/t18-,19+/m0/s1. The van der Waals surface area contributed by atoms with Gasteiger partial charge < -0.3 is 4.74 Å². The van der Waals surface area contributed by atoms with Gasteiger partial charge in [0.05, 0.1) is 4.90 Å². The molecule has 2 heterocycles. The van der Waals surface area contributed by atoms with Crippen LogP contribution < -0.4 is 0 Å². The predicted molar refractivity (Wildman–Crippen MR) is 110 cm³/mol. The topological polar surface area (TPSA) is 63.7 Å². The van der Waals surface area contributed by atoms with Crippen molar-refractivity contribution in [3.63, 3.8) is 0 Å². The summed E-state index contributed by atoms with van der Waals surface area (Å²) in [6.07, 6.45) is 0. The van der Waals surface area contributed by atoms with Crippen LogP contribution in [0, 0.1) is 18.8 Å². The first-order chi connectivity index (χ1) is 13.7. The molecule has 2 atom stereocenters. The van der Waals surface area contributed by atoms with Gasteiger partial charge in [-0.15, -0.1) is 0 Å². The lowest BCUT2D eigenvalue weighted by atomic mass is 9.76. The van der Waals surface area contributed by atoms with Crippen LogP contribution in [-0.2, 0) is 14.8 Å². The summed E-state index contributed by atoms with van der Waals surface area (Å²) in [6, 6.07) is 14.4. The van der Waals surface area contributed by atoms with E-state index in [1.165, 1.54) is 4.31 Å². The van der Waals surface area contributed by atoms with E-state index in [2.05, 4.69) is 0 Å². The lowest BCUT2D eigenvalue weighted by molar-refractivity contribution is -0.00335. The van der Waals surface area contributed by atoms with Crippen molar-refractivity contribution in [1.29, 1.82) is 0 Å². The lowest BCUT2D eigenvalue weighted by Gasteiger charge is -2.40. The summed E-state index contributed by atoms with van der Waals surface area (Å²) >= 11 is 0. The zero-order valence-electron chi connectivity index (χ0n) is 16.7. The number of Topliss-reactive ketones (excluding diaryl/α,β-unsaturated/α-hetero) is 1. The fourth-order valence-corrected chi connectivity index (χ4v) is 6.37. The normalized spacial score (nSPS) is 25.4. The quantitative estimate of drug-likeness (QED) is 0.760. The Bertz CT molecular complexity index is 1160. The molecule has 0 radical (unpaired) electrons. The van der Waals surface area contributed by atoms with Crippen LogP contribution in [-0.4, -0.2) is 37.2 Å². The number of ether oxygens (including phenoxy) is 1. The summed E-state index contributed by atoms with van der Waals surface area (Å²) < 4.78 is 34.4. The maximum atomic E-state index is 13.3. The molecule has 2 aromatic carbocycles. The molecule has 0 N–H and O–H groups in total. The molecule has 3 aliphatic rings. The smallest absolute Gasteiger partial charge is 0.243 e. The number of benzene rings is 2. The van der Waals surface area contributed by atoms with Crippen LogP contribution in [0.4, 0.5) is 0 Å². The van der Waals surface area contributed by atoms with E-state index in [0.717, 1.165) is 11.1 Å². The highest BCUT2D eigenvalue weighted by Gasteiger charge is 2.55. The minimum Gasteiger partial charge on any atom is -0.486 e. The molecule has 1 saturated heterocycles. The Labute approximate surface area is 171 Å². The Hall–Kier alpha value is -2.44. The Morgan fingerprint density at radius 3 is 2.34 bits per heavy atom. The highest BCUT2D eigenvalue weighted by Crippen LogP contribution is 2.52. The van der Waals surface area contributed by atoms with E-state index in [0.29, 0.717) is 30.0 Å². The number of hydrogen-bond donors (Lipinski definition) is 0. The number of carbonyl (C=O) groups excluding carboxylic acids is 1. The van der Waals surface area contributed by atoms with Gasteiger partial charge in [-0.1, -0.05) is 42.0 Å². The molecule has 1 aliphatic carbocycles. The van der Waals surface area contributed by atoms with E-state index in [4.69, 9.17) is 4.74 Å². The Morgan fingerprint density at radius 1 is 1.00 bits per heavy atom. The number of nitrogens with zero attached hydrogens (tertiary/aromatic N) is 1. The third kappa shape index (κ3) is 2.62. The van der Waals surface area contributed by atoms with Crippen molar-refractivity contribution in [3.8, 4) is 0 Å². The third-order valence-corrected chi connectivity index (χ3v) is 8.33. The zero-order valence-corrected chi connectivity index (χ0v) is 17.5. The van der Waals surface area contributed by atoms with Crippen LogP contribution >= 0.6 is 0 Å². The lowest BCUT2D eigenvalue weighted by Crippen LogP contribution is -2.43. The van der Waals surface area contributed by atoms with E-state index in [1.54, 1.807) is 24.3 Å². The number of fused-ring (bicyclic) bond motifs is 4. The molecular weight excluding hydrogens is 386 g/mol. The molecule has 2 aliphatic heterocycles. The van der Waals surface area contributed by atoms with Crippen molar-refractivity contribution < 1.29 is 17.9 Å². The number of ketones is 1. The van der Waals surface area contributed by atoms with Gasteiger partial charge in [-0.25, -0.2) is 8.42 Å². The second-order valence-corrected chi connectivity index (χ2v) is 10.6. The van der Waals surface area contributed by atoms with E-state index >= 15 is 0 Å². The van der Waals surface area contributed by atoms with E-state index in [-0.39, 0.29) is 22.5 Å². The fourth-order valence-electron chi connectivity index (χ4n) is 4.88. The summed E-state index contributed by atoms with van der Waals surface area (Å²) in [6.45, 7) is 6.54. The van der Waals surface area contributed by atoms with Gasteiger partial charge in [-0.3, -0.25) is 4.79 Å². The van der Waals surface area contributed by atoms with Crippen LogP contribution in [0.25, 0.3) is 5.76 Å². The predicted octanol–water partition coefficient (Wildman–Crippen LogP) is 3.65. The summed E-state index contributed by atoms with van der Waals surface area (Å²) in [5.41, 5.74) is 2.54. The molecule has 0 amide bonds. The van der Waals surface area contributed by atoms with Gasteiger partial charge in [0.25, 0.3) is 0 Å². The number of rotatable bonds is 2. The van der Waals surface area contributed by atoms with Gasteiger partial charge in [-0.2, -0.15) is 4.31 Å². The van der Waals surface area contributed by atoms with E-state index in [1.807, 2.05) is 45.0 Å². The maximum absolute atomic E-state index is 13.3. The van der Waals surface area contributed by atoms with Crippen molar-refractivity contribution in [2.75, 3.05) is 13.1 Å². The second kappa shape index (κ2) is 6.03. The van der Waals surface area contributed by atoms with Crippen molar-refractivity contribution in [2.24, 2.45) is 11.8 Å². The maximum Gasteiger partial charge on any atom is 0.243 e. The molecular formula is C23H23NO4S. The number of hydrogen-bond acceptors (Lipinski definition) is 4. The van der Waals surface area contributed by atoms with E-state index < -0.39 is 15.6 Å². The molecule has 2 aromatic rings. The van der Waals surface area contributed by atoms with Gasteiger partial charge in [-0.05, 0) is 32.9 Å². The first kappa shape index (κ1) is 18.6. The molecule has 6 heteroatoms. The first-order valence-electron chi connectivity index (χ1n) is 9.84. The number of sulfonamides is 1. The summed E-state index contributed by atoms with van der Waals surface area (Å²) in [7, 11) is -3.63. The second-order valence-electron chi connectivity index (χ2n) is 8.67. The van der Waals surface area contributed by atoms with Crippen molar-refractivity contribution in [2.45, 2.75) is 31.3 Å². The number of aryl methyl sites for hydroxylation is 1. The molecule has 150 valence electrons. The number of carbonyl (C=O) groups is 1. The van der Waals surface area contributed by atoms with Crippen LogP contribution in [0.2, 0.25) is 0 Å². The van der Waals surface area contributed by atoms with Gasteiger partial charge in [0.1, 0.15) is 11.4 Å². The average Bonchev–Trinajstić information content (AvgIpc) is 3.24. The van der Waals surface area contributed by atoms with E-state index in [9.17, 15) is 13.2 Å². The molecule has 0 saturated carbocycles. The van der Waals surface area contributed by atoms with Gasteiger partial charge in [0, 0.05) is 41.6 Å². The van der Waals surface area contributed by atoms with Crippen LogP contribution in [0.15, 0.2) is 59.0 Å². The van der Waals surface area contributed by atoms with Crippen molar-refractivity contribution in [3.05, 3.63) is 70.8 Å². The molecule has 0 aromatic heterocycles. The zero-order chi connectivity index (χ0) is 20.6. The molecule has 0 unspecified atom stereocenters. The van der Waals surface area contributed by atoms with Crippen LogP contribution in [0.1, 0.15) is 35.3 Å². The summed E-state index contributed by atoms with van der Waals surface area (Å²) in [5.74, 6) is 0.343. The fraction of sp³-hybridized carbons (Fsp3) is 0.348. The Balaban J connectivity index is 1.56. The van der Waals surface area contributed by atoms with Crippen molar-refractivity contribution in [1.82, 2.24) is 4.31 Å². The average molecular weight is 410 g/mol. The van der Waals surface area contributed by atoms with Gasteiger partial charge in [0.2, 0.25) is 10.0 Å². The Kier molecular flexibility index (Phi) is 3.86. The SMILES string of the molecule is Cc1ccc(S(=O)(=O)N2C[C@@H]3C4=C(OC(C)(C)[C@@H]3C2)c2ccccc2C4=O)cc1. The largest absolute Gasteiger partial charge is 0.486 e. The van der Waals surface area contributed by atoms with Gasteiger partial charge >= 0.3 is 0 Å². The molecule has 0 bridgehead atoms. The molecule has 5 nitrogen and oxygen atoms in total.